The molecule has 1 saturated heterocycles. The van der Waals surface area contributed by atoms with Crippen LogP contribution < -0.4 is 19.5 Å². The number of nitrogens with zero attached hydrogens (tertiary/aromatic N) is 1. The lowest BCUT2D eigenvalue weighted by Gasteiger charge is -2.45. The van der Waals surface area contributed by atoms with Crippen molar-refractivity contribution in [1.82, 2.24) is 14.9 Å². The number of rotatable bonds is 6. The highest BCUT2D eigenvalue weighted by Crippen LogP contribution is 2.49. The summed E-state index contributed by atoms with van der Waals surface area (Å²) in [7, 11) is 5.56. The van der Waals surface area contributed by atoms with Crippen LogP contribution in [0.4, 0.5) is 4.79 Å². The van der Waals surface area contributed by atoms with Crippen LogP contribution in [0, 0.1) is 13.8 Å². The number of amides is 2. The number of urea groups is 1. The molecular weight excluding hydrogens is 434 g/mol. The van der Waals surface area contributed by atoms with Gasteiger partial charge in [0.15, 0.2) is 11.5 Å². The van der Waals surface area contributed by atoms with Gasteiger partial charge < -0.3 is 19.7 Å². The Morgan fingerprint density at radius 1 is 1.06 bits per heavy atom. The Bertz CT molecular complexity index is 994. The molecule has 0 bridgehead atoms. The number of hydrogen-bond donors (Lipinski definition) is 2. The van der Waals surface area contributed by atoms with Gasteiger partial charge in [-0.15, -0.1) is 0 Å². The summed E-state index contributed by atoms with van der Waals surface area (Å²) in [6, 6.07) is 13.1. The average molecular weight is 470 g/mol. The molecule has 2 aromatic rings. The van der Waals surface area contributed by atoms with Crippen LogP contribution in [-0.4, -0.2) is 50.8 Å². The highest BCUT2D eigenvalue weighted by molar-refractivity contribution is 7.98. The van der Waals surface area contributed by atoms with Crippen molar-refractivity contribution in [3.8, 4) is 11.5 Å². The SMILES string of the molecule is COc1ccc(C23CCC(NC(=O)NSc4cc(C)cc(C)c4)CC2N(C)CC3)cc1OC. The molecule has 1 aliphatic heterocycles. The van der Waals surface area contributed by atoms with Gasteiger partial charge in [-0.25, -0.2) is 4.79 Å². The maximum atomic E-state index is 12.6. The Labute approximate surface area is 201 Å². The normalized spacial score (nSPS) is 24.8. The summed E-state index contributed by atoms with van der Waals surface area (Å²) in [6.45, 7) is 5.20. The zero-order chi connectivity index (χ0) is 23.6. The summed E-state index contributed by atoms with van der Waals surface area (Å²) in [5, 5.41) is 3.22. The monoisotopic (exact) mass is 469 g/mol. The number of ether oxygens (including phenoxy) is 2. The van der Waals surface area contributed by atoms with Crippen molar-refractivity contribution in [3.63, 3.8) is 0 Å². The molecule has 4 rings (SSSR count). The summed E-state index contributed by atoms with van der Waals surface area (Å²) < 4.78 is 14.0. The molecule has 0 spiro atoms. The molecule has 178 valence electrons. The Hall–Kier alpha value is -2.38. The van der Waals surface area contributed by atoms with Crippen LogP contribution in [0.1, 0.15) is 42.4 Å². The minimum atomic E-state index is -0.122. The fourth-order valence-electron chi connectivity index (χ4n) is 5.71. The molecule has 33 heavy (non-hydrogen) atoms. The first-order valence-corrected chi connectivity index (χ1v) is 12.4. The van der Waals surface area contributed by atoms with Gasteiger partial charge in [0.1, 0.15) is 0 Å². The Kier molecular flexibility index (Phi) is 7.10. The lowest BCUT2D eigenvalue weighted by Crippen LogP contribution is -2.52. The molecule has 6 nitrogen and oxygen atoms in total. The predicted molar refractivity (Wildman–Crippen MR) is 133 cm³/mol. The van der Waals surface area contributed by atoms with E-state index in [1.165, 1.54) is 28.6 Å². The molecule has 1 saturated carbocycles. The smallest absolute Gasteiger partial charge is 0.325 e. The van der Waals surface area contributed by atoms with E-state index in [1.54, 1.807) is 14.2 Å². The molecule has 1 heterocycles. The molecular formula is C26H35N3O3S. The second kappa shape index (κ2) is 9.85. The van der Waals surface area contributed by atoms with Gasteiger partial charge in [0, 0.05) is 22.4 Å². The van der Waals surface area contributed by atoms with E-state index in [4.69, 9.17) is 9.47 Å². The molecule has 7 heteroatoms. The molecule has 2 N–H and O–H groups in total. The fourth-order valence-corrected chi connectivity index (χ4v) is 6.47. The van der Waals surface area contributed by atoms with Gasteiger partial charge in [-0.1, -0.05) is 12.1 Å². The third kappa shape index (κ3) is 4.94. The van der Waals surface area contributed by atoms with E-state index in [-0.39, 0.29) is 17.5 Å². The minimum Gasteiger partial charge on any atom is -0.493 e. The molecule has 0 aromatic heterocycles. The van der Waals surface area contributed by atoms with E-state index in [9.17, 15) is 4.79 Å². The lowest BCUT2D eigenvalue weighted by atomic mass is 9.65. The lowest BCUT2D eigenvalue weighted by molar-refractivity contribution is 0.155. The molecule has 3 unspecified atom stereocenters. The van der Waals surface area contributed by atoms with Crippen LogP contribution >= 0.6 is 11.9 Å². The Morgan fingerprint density at radius 2 is 1.79 bits per heavy atom. The van der Waals surface area contributed by atoms with Crippen molar-refractivity contribution in [2.75, 3.05) is 27.8 Å². The van der Waals surface area contributed by atoms with Gasteiger partial charge in [0.05, 0.1) is 14.2 Å². The quantitative estimate of drug-likeness (QED) is 0.594. The fraction of sp³-hybridized carbons (Fsp3) is 0.500. The van der Waals surface area contributed by atoms with Crippen LogP contribution in [0.5, 0.6) is 11.5 Å². The van der Waals surface area contributed by atoms with E-state index in [0.717, 1.165) is 48.6 Å². The van der Waals surface area contributed by atoms with Gasteiger partial charge in [0.25, 0.3) is 0 Å². The maximum Gasteiger partial charge on any atom is 0.325 e. The van der Waals surface area contributed by atoms with Gasteiger partial charge in [-0.3, -0.25) is 4.72 Å². The summed E-state index contributed by atoms with van der Waals surface area (Å²) >= 11 is 1.37. The molecule has 2 amide bonds. The molecule has 2 aliphatic rings. The average Bonchev–Trinajstić information content (AvgIpc) is 3.13. The van der Waals surface area contributed by atoms with E-state index in [0.29, 0.717) is 6.04 Å². The van der Waals surface area contributed by atoms with Crippen molar-refractivity contribution < 1.29 is 14.3 Å². The Morgan fingerprint density at radius 3 is 2.48 bits per heavy atom. The van der Waals surface area contributed by atoms with Crippen molar-refractivity contribution in [2.45, 2.75) is 61.9 Å². The molecule has 1 aliphatic carbocycles. The van der Waals surface area contributed by atoms with Crippen molar-refractivity contribution in [1.29, 1.82) is 0 Å². The van der Waals surface area contributed by atoms with E-state index in [1.807, 2.05) is 6.07 Å². The molecule has 0 radical (unpaired) electrons. The zero-order valence-corrected chi connectivity index (χ0v) is 21.1. The highest BCUT2D eigenvalue weighted by Gasteiger charge is 2.50. The zero-order valence-electron chi connectivity index (χ0n) is 20.2. The first kappa shape index (κ1) is 23.8. The molecule has 2 aromatic carbocycles. The van der Waals surface area contributed by atoms with Gasteiger partial charge in [-0.05, 0) is 106 Å². The number of likely N-dealkylation sites (tertiary alicyclic amines) is 1. The second-order valence-corrected chi connectivity index (χ2v) is 10.3. The van der Waals surface area contributed by atoms with Crippen molar-refractivity contribution in [3.05, 3.63) is 53.1 Å². The van der Waals surface area contributed by atoms with Crippen LogP contribution in [0.2, 0.25) is 0 Å². The number of fused-ring (bicyclic) bond motifs is 1. The largest absolute Gasteiger partial charge is 0.493 e. The number of likely N-dealkylation sites (N-methyl/N-ethyl adjacent to an activating group) is 1. The standard InChI is InChI=1S/C26H35N3O3S/c1-17-12-18(2)14-21(13-17)33-28-25(30)27-20-8-9-26(10-11-29(3)24(26)16-20)19-6-7-22(31-4)23(15-19)32-5/h6-7,12-15,20,24H,8-11,16H2,1-5H3,(H2,27,28,30). The van der Waals surface area contributed by atoms with E-state index in [2.05, 4.69) is 66.2 Å². The number of carbonyl (C=O) groups is 1. The number of hydrogen-bond acceptors (Lipinski definition) is 5. The summed E-state index contributed by atoms with van der Waals surface area (Å²) in [5.41, 5.74) is 3.78. The topological polar surface area (TPSA) is 62.8 Å². The third-order valence-corrected chi connectivity index (χ3v) is 8.04. The van der Waals surface area contributed by atoms with E-state index >= 15 is 0 Å². The van der Waals surface area contributed by atoms with E-state index < -0.39 is 0 Å². The first-order valence-electron chi connectivity index (χ1n) is 11.6. The number of aryl methyl sites for hydroxylation is 2. The van der Waals surface area contributed by atoms with Gasteiger partial charge in [-0.2, -0.15) is 0 Å². The number of methoxy groups -OCH3 is 2. The number of nitrogens with one attached hydrogen (secondary N) is 2. The van der Waals surface area contributed by atoms with Crippen molar-refractivity contribution in [2.24, 2.45) is 0 Å². The number of carbonyl (C=O) groups excluding carboxylic acids is 1. The van der Waals surface area contributed by atoms with Crippen molar-refractivity contribution >= 4 is 18.0 Å². The highest BCUT2D eigenvalue weighted by atomic mass is 32.2. The van der Waals surface area contributed by atoms with Gasteiger partial charge >= 0.3 is 6.03 Å². The first-order chi connectivity index (χ1) is 15.8. The van der Waals surface area contributed by atoms with Gasteiger partial charge in [0.2, 0.25) is 0 Å². The third-order valence-electron chi connectivity index (χ3n) is 7.28. The summed E-state index contributed by atoms with van der Waals surface area (Å²) in [4.78, 5) is 16.1. The minimum absolute atomic E-state index is 0.0802. The maximum absolute atomic E-state index is 12.6. The van der Waals surface area contributed by atoms with Crippen LogP contribution in [0.3, 0.4) is 0 Å². The Balaban J connectivity index is 1.42. The molecule has 3 atom stereocenters. The van der Waals surface area contributed by atoms with Crippen LogP contribution in [0.15, 0.2) is 41.3 Å². The van der Waals surface area contributed by atoms with Crippen LogP contribution in [-0.2, 0) is 5.41 Å². The van der Waals surface area contributed by atoms with Crippen LogP contribution in [0.25, 0.3) is 0 Å². The second-order valence-electron chi connectivity index (χ2n) is 9.44. The predicted octanol–water partition coefficient (Wildman–Crippen LogP) is 4.82. The summed E-state index contributed by atoms with van der Waals surface area (Å²) in [5.74, 6) is 1.54. The molecule has 2 fully saturated rings. The summed E-state index contributed by atoms with van der Waals surface area (Å²) in [6.07, 6.45) is 4.05. The number of benzene rings is 2.